The fraction of sp³-hybridized carbons (Fsp3) is 0.364. The van der Waals surface area contributed by atoms with Crippen molar-refractivity contribution in [3.63, 3.8) is 0 Å². The fourth-order valence-electron chi connectivity index (χ4n) is 4.18. The summed E-state index contributed by atoms with van der Waals surface area (Å²) in [7, 11) is 1.33. The minimum atomic E-state index is -3.03. The maximum atomic E-state index is 15.1. The van der Waals surface area contributed by atoms with E-state index in [1.54, 1.807) is 0 Å². The quantitative estimate of drug-likeness (QED) is 0.686. The first-order chi connectivity index (χ1) is 15.2. The fourth-order valence-corrected chi connectivity index (χ4v) is 4.18. The number of hydrogen-bond donors (Lipinski definition) is 1. The van der Waals surface area contributed by atoms with Crippen molar-refractivity contribution in [2.24, 2.45) is 16.6 Å². The van der Waals surface area contributed by atoms with Gasteiger partial charge in [-0.25, -0.2) is 23.1 Å². The number of benzene rings is 1. The highest BCUT2D eigenvalue weighted by Crippen LogP contribution is 2.56. The smallest absolute Gasteiger partial charge is 0.283 e. The molecule has 0 radical (unpaired) electrons. The van der Waals surface area contributed by atoms with E-state index in [9.17, 15) is 13.6 Å². The number of carbonyl (C=O) groups excluding carboxylic acids is 1. The van der Waals surface area contributed by atoms with E-state index in [1.165, 1.54) is 38.4 Å². The predicted octanol–water partition coefficient (Wildman–Crippen LogP) is 3.03. The number of fused-ring (bicyclic) bond motifs is 1. The highest BCUT2D eigenvalue weighted by atomic mass is 19.3. The van der Waals surface area contributed by atoms with Crippen LogP contribution >= 0.6 is 0 Å². The van der Waals surface area contributed by atoms with Gasteiger partial charge in [-0.15, -0.1) is 0 Å². The third-order valence-electron chi connectivity index (χ3n) is 5.77. The molecule has 1 saturated carbocycles. The van der Waals surface area contributed by atoms with Crippen LogP contribution in [-0.2, 0) is 16.7 Å². The van der Waals surface area contributed by atoms with Crippen LogP contribution in [0.3, 0.4) is 0 Å². The van der Waals surface area contributed by atoms with Gasteiger partial charge in [0.15, 0.2) is 11.3 Å². The Kier molecular flexibility index (Phi) is 5.28. The molecular formula is C22H19F3N4O3. The summed E-state index contributed by atoms with van der Waals surface area (Å²) in [5.41, 5.74) is 3.74. The highest BCUT2D eigenvalue weighted by molar-refractivity contribution is 5.98. The molecule has 1 aromatic carbocycles. The molecule has 0 spiro atoms. The average Bonchev–Trinajstić information content (AvgIpc) is 3.54. The lowest BCUT2D eigenvalue weighted by Gasteiger charge is -2.33. The van der Waals surface area contributed by atoms with Gasteiger partial charge >= 0.3 is 0 Å². The van der Waals surface area contributed by atoms with Crippen molar-refractivity contribution < 1.29 is 27.4 Å². The van der Waals surface area contributed by atoms with Crippen LogP contribution in [0.1, 0.15) is 39.2 Å². The molecule has 2 aliphatic rings. The van der Waals surface area contributed by atoms with Crippen molar-refractivity contribution in [3.8, 4) is 11.8 Å². The molecule has 0 bridgehead atoms. The molecule has 4 rings (SSSR count). The normalized spacial score (nSPS) is 23.6. The van der Waals surface area contributed by atoms with Crippen molar-refractivity contribution in [1.29, 1.82) is 5.26 Å². The number of Topliss-reactive ketones (excluding diaryl/α,β-unsaturated/α-hetero) is 1. The summed E-state index contributed by atoms with van der Waals surface area (Å²) in [4.78, 5) is 20.7. The predicted molar refractivity (Wildman–Crippen MR) is 107 cm³/mol. The first-order valence-electron chi connectivity index (χ1n) is 9.78. The lowest BCUT2D eigenvalue weighted by molar-refractivity contribution is 0.0175. The van der Waals surface area contributed by atoms with Gasteiger partial charge in [0.1, 0.15) is 29.4 Å². The number of nitriles is 1. The Morgan fingerprint density at radius 3 is 2.84 bits per heavy atom. The summed E-state index contributed by atoms with van der Waals surface area (Å²) < 4.78 is 54.2. The molecule has 2 N–H and O–H groups in total. The summed E-state index contributed by atoms with van der Waals surface area (Å²) in [5, 5.41) is 8.99. The molecule has 7 nitrogen and oxygen atoms in total. The molecule has 10 heteroatoms. The standard InChI is InChI=1S/C22H19F3N4O3/c1-10-3-11(5-15(30)19-17(31-2)6-12(8-26)9-28-19)4-14(18(10)23)22(20(24)25)13-7-16(13)32-21(27)29-22/h3-4,6,9,13,16,20H,5,7H2,1-2H3,(H2,27,29)/t13-,16+,22-/m0/s1. The molecule has 0 unspecified atom stereocenters. The summed E-state index contributed by atoms with van der Waals surface area (Å²) >= 11 is 0. The number of ketones is 1. The van der Waals surface area contributed by atoms with Gasteiger partial charge in [-0.1, -0.05) is 6.07 Å². The first-order valence-corrected chi connectivity index (χ1v) is 9.78. The maximum absolute atomic E-state index is 15.1. The minimum Gasteiger partial charge on any atom is -0.494 e. The van der Waals surface area contributed by atoms with Crippen LogP contribution in [0.25, 0.3) is 0 Å². The number of aliphatic imine (C=N–C) groups is 1. The van der Waals surface area contributed by atoms with E-state index >= 15 is 4.39 Å². The largest absolute Gasteiger partial charge is 0.494 e. The number of rotatable bonds is 6. The average molecular weight is 444 g/mol. The van der Waals surface area contributed by atoms with Gasteiger partial charge in [-0.3, -0.25) is 4.79 Å². The number of hydrogen-bond acceptors (Lipinski definition) is 7. The van der Waals surface area contributed by atoms with E-state index in [0.717, 1.165) is 0 Å². The van der Waals surface area contributed by atoms with Crippen LogP contribution < -0.4 is 10.5 Å². The Labute approximate surface area is 181 Å². The number of alkyl halides is 2. The van der Waals surface area contributed by atoms with Crippen LogP contribution in [0, 0.1) is 30.0 Å². The molecule has 1 fully saturated rings. The zero-order chi connectivity index (χ0) is 23.2. The van der Waals surface area contributed by atoms with Gasteiger partial charge in [0, 0.05) is 30.2 Å². The third-order valence-corrected chi connectivity index (χ3v) is 5.77. The van der Waals surface area contributed by atoms with Gasteiger partial charge in [-0.05, 0) is 30.5 Å². The topological polar surface area (TPSA) is 111 Å². The number of nitrogens with zero attached hydrogens (tertiary/aromatic N) is 3. The number of amidine groups is 1. The van der Waals surface area contributed by atoms with Crippen LogP contribution in [-0.4, -0.2) is 36.4 Å². The molecule has 2 heterocycles. The number of carbonyl (C=O) groups is 1. The van der Waals surface area contributed by atoms with Crippen molar-refractivity contribution in [3.05, 3.63) is 58.2 Å². The summed E-state index contributed by atoms with van der Waals surface area (Å²) in [6.07, 6.45) is -2.30. The molecule has 1 aromatic heterocycles. The molecule has 1 aliphatic heterocycles. The monoisotopic (exact) mass is 444 g/mol. The van der Waals surface area contributed by atoms with Crippen molar-refractivity contribution in [2.45, 2.75) is 37.8 Å². The van der Waals surface area contributed by atoms with Gasteiger partial charge in [-0.2, -0.15) is 5.26 Å². The number of methoxy groups -OCH3 is 1. The zero-order valence-corrected chi connectivity index (χ0v) is 17.2. The van der Waals surface area contributed by atoms with E-state index in [4.69, 9.17) is 20.5 Å². The van der Waals surface area contributed by atoms with E-state index in [-0.39, 0.29) is 41.0 Å². The Balaban J connectivity index is 1.75. The van der Waals surface area contributed by atoms with Crippen molar-refractivity contribution in [2.75, 3.05) is 7.11 Å². The van der Waals surface area contributed by atoms with Gasteiger partial charge < -0.3 is 15.2 Å². The highest BCUT2D eigenvalue weighted by Gasteiger charge is 2.64. The Hall–Kier alpha value is -3.61. The van der Waals surface area contributed by atoms with E-state index < -0.39 is 41.6 Å². The summed E-state index contributed by atoms with van der Waals surface area (Å²) in [5.74, 6) is -1.90. The molecule has 2 aromatic rings. The van der Waals surface area contributed by atoms with E-state index in [0.29, 0.717) is 5.56 Å². The number of aryl methyl sites for hydroxylation is 1. The number of pyridine rings is 1. The minimum absolute atomic E-state index is 0.0193. The lowest BCUT2D eigenvalue weighted by atomic mass is 9.82. The van der Waals surface area contributed by atoms with Crippen molar-refractivity contribution in [1.82, 2.24) is 4.98 Å². The van der Waals surface area contributed by atoms with E-state index in [2.05, 4.69) is 9.98 Å². The van der Waals surface area contributed by atoms with Gasteiger partial charge in [0.25, 0.3) is 12.4 Å². The van der Waals surface area contributed by atoms with Crippen LogP contribution in [0.15, 0.2) is 29.4 Å². The molecule has 3 atom stereocenters. The molecule has 0 amide bonds. The summed E-state index contributed by atoms with van der Waals surface area (Å²) in [6, 6.07) is 5.52. The van der Waals surface area contributed by atoms with Gasteiger partial charge in [0.2, 0.25) is 0 Å². The number of nitrogens with two attached hydrogens (primary N) is 1. The van der Waals surface area contributed by atoms with E-state index in [1.807, 2.05) is 6.07 Å². The number of aromatic nitrogens is 1. The van der Waals surface area contributed by atoms with Crippen molar-refractivity contribution >= 4 is 11.8 Å². The molecular weight excluding hydrogens is 425 g/mol. The zero-order valence-electron chi connectivity index (χ0n) is 17.2. The number of halogens is 3. The molecule has 166 valence electrons. The third kappa shape index (κ3) is 3.43. The first kappa shape index (κ1) is 21.6. The lowest BCUT2D eigenvalue weighted by Crippen LogP contribution is -2.43. The molecule has 0 saturated heterocycles. The molecule has 1 aliphatic carbocycles. The second kappa shape index (κ2) is 7.82. The maximum Gasteiger partial charge on any atom is 0.283 e. The Morgan fingerprint density at radius 1 is 1.44 bits per heavy atom. The second-order valence-electron chi connectivity index (χ2n) is 7.84. The van der Waals surface area contributed by atoms with Crippen LogP contribution in [0.4, 0.5) is 13.2 Å². The Bertz CT molecular complexity index is 1180. The molecule has 32 heavy (non-hydrogen) atoms. The second-order valence-corrected chi connectivity index (χ2v) is 7.84. The SMILES string of the molecule is COc1cc(C#N)cnc1C(=O)Cc1cc(C)c(F)c([C@@]2(C(F)F)N=C(N)O[C@@H]3C[C@@H]32)c1. The van der Waals surface area contributed by atoms with Crippen LogP contribution in [0.5, 0.6) is 5.75 Å². The Morgan fingerprint density at radius 2 is 2.19 bits per heavy atom. The van der Waals surface area contributed by atoms with Gasteiger partial charge in [0.05, 0.1) is 12.7 Å². The summed E-state index contributed by atoms with van der Waals surface area (Å²) in [6.45, 7) is 1.43. The van der Waals surface area contributed by atoms with Crippen LogP contribution in [0.2, 0.25) is 0 Å². The number of ether oxygens (including phenoxy) is 2.